The van der Waals surface area contributed by atoms with Crippen molar-refractivity contribution >= 4 is 10.8 Å². The van der Waals surface area contributed by atoms with Gasteiger partial charge in [0, 0.05) is 10.8 Å². The first-order chi connectivity index (χ1) is 10.4. The van der Waals surface area contributed by atoms with Gasteiger partial charge in [0.1, 0.15) is 18.0 Å². The molecule has 2 atom stereocenters. The zero-order valence-corrected chi connectivity index (χ0v) is 13.1. The van der Waals surface area contributed by atoms with Crippen LogP contribution >= 0.6 is 0 Å². The van der Waals surface area contributed by atoms with Crippen LogP contribution < -0.4 is 9.47 Å². The van der Waals surface area contributed by atoms with Gasteiger partial charge in [0.2, 0.25) is 0 Å². The van der Waals surface area contributed by atoms with Crippen molar-refractivity contribution in [1.29, 1.82) is 0 Å². The Labute approximate surface area is 129 Å². The van der Waals surface area contributed by atoms with Gasteiger partial charge in [0.25, 0.3) is 0 Å². The first kappa shape index (κ1) is 14.9. The molecular weight excluding hydrogens is 284 g/mol. The minimum Gasteiger partial charge on any atom is -0.504 e. The van der Waals surface area contributed by atoms with Gasteiger partial charge in [0.15, 0.2) is 11.5 Å². The van der Waals surface area contributed by atoms with E-state index >= 15 is 0 Å². The van der Waals surface area contributed by atoms with E-state index in [9.17, 15) is 10.2 Å². The maximum absolute atomic E-state index is 10.6. The second kappa shape index (κ2) is 5.04. The third-order valence-electron chi connectivity index (χ3n) is 4.18. The number of ether oxygens (including phenoxy) is 3. The normalized spacial score (nSPS) is 20.7. The second-order valence-electron chi connectivity index (χ2n) is 5.96. The van der Waals surface area contributed by atoms with Crippen LogP contribution in [0.3, 0.4) is 0 Å². The van der Waals surface area contributed by atoms with Gasteiger partial charge in [-0.2, -0.15) is 0 Å². The Morgan fingerprint density at radius 3 is 2.05 bits per heavy atom. The van der Waals surface area contributed by atoms with E-state index in [1.807, 2.05) is 38.1 Å². The number of aliphatic hydroxyl groups is 1. The fraction of sp³-hybridized carbons (Fsp3) is 0.412. The SMILES string of the molecule is COc1c(O)c(C(O)[C@@H]2OC2(C)C)c(OC)c2ccccc12. The van der Waals surface area contributed by atoms with Crippen molar-refractivity contribution in [1.82, 2.24) is 0 Å². The van der Waals surface area contributed by atoms with Gasteiger partial charge < -0.3 is 24.4 Å². The summed E-state index contributed by atoms with van der Waals surface area (Å²) in [5.74, 6) is 0.647. The third-order valence-corrected chi connectivity index (χ3v) is 4.18. The molecule has 1 unspecified atom stereocenters. The van der Waals surface area contributed by atoms with E-state index in [4.69, 9.17) is 14.2 Å². The monoisotopic (exact) mass is 304 g/mol. The number of aromatic hydroxyl groups is 1. The number of aliphatic hydroxyl groups excluding tert-OH is 1. The zero-order chi connectivity index (χ0) is 16.1. The maximum Gasteiger partial charge on any atom is 0.168 e. The summed E-state index contributed by atoms with van der Waals surface area (Å²) in [4.78, 5) is 0. The molecule has 0 amide bonds. The average Bonchev–Trinajstić information content (AvgIpc) is 3.14. The van der Waals surface area contributed by atoms with Crippen LogP contribution in [-0.4, -0.2) is 36.1 Å². The number of hydrogen-bond acceptors (Lipinski definition) is 5. The molecule has 2 aromatic rings. The van der Waals surface area contributed by atoms with Crippen LogP contribution in [0.5, 0.6) is 17.2 Å². The lowest BCUT2D eigenvalue weighted by molar-refractivity contribution is 0.130. The summed E-state index contributed by atoms with van der Waals surface area (Å²) in [6.07, 6.45) is -1.39. The molecule has 1 fully saturated rings. The molecule has 1 aliphatic rings. The summed E-state index contributed by atoms with van der Waals surface area (Å²) >= 11 is 0. The predicted molar refractivity (Wildman–Crippen MR) is 82.6 cm³/mol. The summed E-state index contributed by atoms with van der Waals surface area (Å²) < 4.78 is 16.3. The van der Waals surface area contributed by atoms with Crippen LogP contribution in [0.15, 0.2) is 24.3 Å². The van der Waals surface area contributed by atoms with Crippen molar-refractivity contribution in [2.45, 2.75) is 31.7 Å². The van der Waals surface area contributed by atoms with Crippen LogP contribution in [0, 0.1) is 0 Å². The number of fused-ring (bicyclic) bond motifs is 1. The third kappa shape index (κ3) is 2.09. The molecule has 1 aliphatic heterocycles. The molecule has 1 saturated heterocycles. The van der Waals surface area contributed by atoms with E-state index in [1.165, 1.54) is 14.2 Å². The number of epoxide rings is 1. The van der Waals surface area contributed by atoms with Gasteiger partial charge in [-0.25, -0.2) is 0 Å². The van der Waals surface area contributed by atoms with Crippen molar-refractivity contribution in [2.75, 3.05) is 14.2 Å². The Balaban J connectivity index is 2.27. The Morgan fingerprint density at radius 1 is 1.09 bits per heavy atom. The maximum atomic E-state index is 10.6. The Bertz CT molecular complexity index is 723. The standard InChI is InChI=1S/C17H20O5/c1-17(2)16(22-17)13(19)11-12(18)15(21-4)10-8-6-5-7-9(10)14(11)20-3/h5-8,13,16,18-19H,1-4H3/t13?,16-/m0/s1. The number of phenols is 1. The highest BCUT2D eigenvalue weighted by atomic mass is 16.6. The average molecular weight is 304 g/mol. The van der Waals surface area contributed by atoms with Gasteiger partial charge in [-0.1, -0.05) is 24.3 Å². The molecule has 0 radical (unpaired) electrons. The van der Waals surface area contributed by atoms with Crippen LogP contribution in [0.1, 0.15) is 25.5 Å². The van der Waals surface area contributed by atoms with E-state index < -0.39 is 17.8 Å². The number of methoxy groups -OCH3 is 2. The van der Waals surface area contributed by atoms with Crippen molar-refractivity contribution < 1.29 is 24.4 Å². The largest absolute Gasteiger partial charge is 0.504 e. The smallest absolute Gasteiger partial charge is 0.168 e. The van der Waals surface area contributed by atoms with Gasteiger partial charge in [-0.3, -0.25) is 0 Å². The molecule has 0 bridgehead atoms. The molecule has 0 aliphatic carbocycles. The summed E-state index contributed by atoms with van der Waals surface area (Å²) in [6.45, 7) is 3.78. The molecule has 5 nitrogen and oxygen atoms in total. The number of phenolic OH excluding ortho intramolecular Hbond substituents is 1. The molecule has 0 saturated carbocycles. The molecule has 3 rings (SSSR count). The summed E-state index contributed by atoms with van der Waals surface area (Å²) in [7, 11) is 3.00. The van der Waals surface area contributed by atoms with Gasteiger partial charge in [-0.15, -0.1) is 0 Å². The lowest BCUT2D eigenvalue weighted by Gasteiger charge is -2.20. The van der Waals surface area contributed by atoms with Crippen molar-refractivity contribution in [2.24, 2.45) is 0 Å². The number of benzene rings is 2. The highest BCUT2D eigenvalue weighted by Crippen LogP contribution is 2.53. The number of rotatable bonds is 4. The lowest BCUT2D eigenvalue weighted by Crippen LogP contribution is -2.14. The Morgan fingerprint density at radius 2 is 1.59 bits per heavy atom. The fourth-order valence-electron chi connectivity index (χ4n) is 2.97. The van der Waals surface area contributed by atoms with E-state index in [2.05, 4.69) is 0 Å². The van der Waals surface area contributed by atoms with E-state index in [-0.39, 0.29) is 5.75 Å². The molecule has 22 heavy (non-hydrogen) atoms. The van der Waals surface area contributed by atoms with E-state index in [0.29, 0.717) is 17.1 Å². The molecule has 2 N–H and O–H groups in total. The molecule has 0 aromatic heterocycles. The van der Waals surface area contributed by atoms with Gasteiger partial charge in [0.05, 0.1) is 25.4 Å². The van der Waals surface area contributed by atoms with Crippen LogP contribution in [0.2, 0.25) is 0 Å². The molecule has 5 heteroatoms. The van der Waals surface area contributed by atoms with Crippen LogP contribution in [-0.2, 0) is 4.74 Å². The highest BCUT2D eigenvalue weighted by Gasteiger charge is 2.54. The minimum atomic E-state index is -0.997. The molecule has 118 valence electrons. The molecule has 0 spiro atoms. The van der Waals surface area contributed by atoms with Crippen molar-refractivity contribution in [3.05, 3.63) is 29.8 Å². The lowest BCUT2D eigenvalue weighted by atomic mass is 9.94. The first-order valence-electron chi connectivity index (χ1n) is 7.13. The summed E-state index contributed by atoms with van der Waals surface area (Å²) in [6, 6.07) is 7.43. The van der Waals surface area contributed by atoms with Gasteiger partial charge in [-0.05, 0) is 13.8 Å². The molecule has 2 aromatic carbocycles. The molecular formula is C17H20O5. The zero-order valence-electron chi connectivity index (χ0n) is 13.1. The van der Waals surface area contributed by atoms with E-state index in [0.717, 1.165) is 10.8 Å². The summed E-state index contributed by atoms with van der Waals surface area (Å²) in [5, 5.41) is 22.7. The topological polar surface area (TPSA) is 71.5 Å². The van der Waals surface area contributed by atoms with E-state index in [1.54, 1.807) is 0 Å². The highest BCUT2D eigenvalue weighted by molar-refractivity contribution is 5.97. The first-order valence-corrected chi connectivity index (χ1v) is 7.13. The quantitative estimate of drug-likeness (QED) is 0.850. The van der Waals surface area contributed by atoms with Crippen molar-refractivity contribution in [3.8, 4) is 17.2 Å². The van der Waals surface area contributed by atoms with Crippen LogP contribution in [0.25, 0.3) is 10.8 Å². The van der Waals surface area contributed by atoms with Crippen LogP contribution in [0.4, 0.5) is 0 Å². The summed E-state index contributed by atoms with van der Waals surface area (Å²) in [5.41, 5.74) is -0.121. The van der Waals surface area contributed by atoms with Crippen molar-refractivity contribution in [3.63, 3.8) is 0 Å². The Hall–Kier alpha value is -1.98. The number of hydrogen-bond donors (Lipinski definition) is 2. The Kier molecular flexibility index (Phi) is 3.42. The molecule has 1 heterocycles. The minimum absolute atomic E-state index is 0.114. The van der Waals surface area contributed by atoms with Gasteiger partial charge >= 0.3 is 0 Å². The fourth-order valence-corrected chi connectivity index (χ4v) is 2.97. The second-order valence-corrected chi connectivity index (χ2v) is 5.96. The predicted octanol–water partition coefficient (Wildman–Crippen LogP) is 2.77.